The molecule has 35 heavy (non-hydrogen) atoms. The Balaban J connectivity index is 1.64. The quantitative estimate of drug-likeness (QED) is 0.566. The summed E-state index contributed by atoms with van der Waals surface area (Å²) in [6.45, 7) is 5.87. The molecule has 1 aromatic carbocycles. The van der Waals surface area contributed by atoms with E-state index in [-0.39, 0.29) is 11.1 Å². The van der Waals surface area contributed by atoms with Gasteiger partial charge in [-0.3, -0.25) is 19.1 Å². The molecule has 0 spiro atoms. The molecular weight excluding hydrogens is 454 g/mol. The van der Waals surface area contributed by atoms with Crippen molar-refractivity contribution in [2.75, 3.05) is 36.5 Å². The number of carbonyl (C=O) groups excluding carboxylic acids is 1. The number of anilines is 2. The number of rotatable bonds is 6. The molecule has 0 aliphatic carbocycles. The first-order chi connectivity index (χ1) is 16.7. The number of nitrogens with one attached hydrogen (secondary N) is 1. The number of halogens is 2. The minimum Gasteiger partial charge on any atom is -0.378 e. The van der Waals surface area contributed by atoms with E-state index in [1.807, 2.05) is 19.1 Å². The zero-order chi connectivity index (χ0) is 25.2. The lowest BCUT2D eigenvalue weighted by Crippen LogP contribution is -2.39. The zero-order valence-electron chi connectivity index (χ0n) is 20.0. The van der Waals surface area contributed by atoms with Crippen molar-refractivity contribution in [1.29, 1.82) is 0 Å². The second-order valence-electron chi connectivity index (χ2n) is 8.57. The molecule has 184 valence electrons. The van der Waals surface area contributed by atoms with Gasteiger partial charge in [-0.2, -0.15) is 8.78 Å². The van der Waals surface area contributed by atoms with Gasteiger partial charge in [-0.15, -0.1) is 0 Å². The van der Waals surface area contributed by atoms with Gasteiger partial charge in [-0.1, -0.05) is 13.0 Å². The topological polar surface area (TPSA) is 76.5 Å². The van der Waals surface area contributed by atoms with Crippen molar-refractivity contribution in [1.82, 2.24) is 9.55 Å². The Kier molecular flexibility index (Phi) is 6.98. The van der Waals surface area contributed by atoms with Gasteiger partial charge in [0.05, 0.1) is 13.2 Å². The monoisotopic (exact) mass is 482 g/mol. The molecule has 9 heteroatoms. The van der Waals surface area contributed by atoms with Crippen molar-refractivity contribution in [3.63, 3.8) is 0 Å². The number of hydrogen-bond acceptors (Lipinski definition) is 5. The van der Waals surface area contributed by atoms with Crippen LogP contribution in [0.15, 0.2) is 53.5 Å². The van der Waals surface area contributed by atoms with Gasteiger partial charge in [-0.25, -0.2) is 0 Å². The highest BCUT2D eigenvalue weighted by atomic mass is 19.3. The number of aryl methyl sites for hydroxylation is 1. The average molecular weight is 483 g/mol. The van der Waals surface area contributed by atoms with Crippen LogP contribution in [0.1, 0.15) is 35.0 Å². The number of aromatic nitrogens is 2. The van der Waals surface area contributed by atoms with Crippen molar-refractivity contribution >= 4 is 17.4 Å². The number of benzene rings is 1. The molecule has 0 bridgehead atoms. The third-order valence-electron chi connectivity index (χ3n) is 6.22. The first kappa shape index (κ1) is 24.5. The molecule has 7 nitrogen and oxygen atoms in total. The summed E-state index contributed by atoms with van der Waals surface area (Å²) in [5, 5.41) is 2.77. The second-order valence-corrected chi connectivity index (χ2v) is 8.57. The summed E-state index contributed by atoms with van der Waals surface area (Å²) < 4.78 is 35.1. The highest BCUT2D eigenvalue weighted by Crippen LogP contribution is 2.31. The van der Waals surface area contributed by atoms with Crippen LogP contribution in [0.4, 0.5) is 20.3 Å². The first-order valence-electron chi connectivity index (χ1n) is 11.5. The van der Waals surface area contributed by atoms with Crippen LogP contribution in [0, 0.1) is 6.92 Å². The SMILES string of the molecule is CCC(F)(F)c1cc(C(=O)Nc2ccc(C)c(-c3cc(N4CCOCC4)n(C)c(=O)c3)c2)ccn1. The minimum atomic E-state index is -3.11. The smallest absolute Gasteiger partial charge is 0.289 e. The van der Waals surface area contributed by atoms with Crippen molar-refractivity contribution in [3.05, 3.63) is 75.8 Å². The van der Waals surface area contributed by atoms with Gasteiger partial charge in [0.15, 0.2) is 0 Å². The van der Waals surface area contributed by atoms with E-state index in [0.717, 1.165) is 28.6 Å². The number of alkyl halides is 2. The van der Waals surface area contributed by atoms with E-state index in [0.29, 0.717) is 32.0 Å². The fourth-order valence-corrected chi connectivity index (χ4v) is 4.04. The fraction of sp³-hybridized carbons (Fsp3) is 0.346. The van der Waals surface area contributed by atoms with E-state index in [2.05, 4.69) is 15.2 Å². The van der Waals surface area contributed by atoms with E-state index >= 15 is 0 Å². The third-order valence-corrected chi connectivity index (χ3v) is 6.22. The van der Waals surface area contributed by atoms with Gasteiger partial charge in [0, 0.05) is 50.1 Å². The van der Waals surface area contributed by atoms with Gasteiger partial charge in [0.2, 0.25) is 0 Å². The van der Waals surface area contributed by atoms with Crippen molar-refractivity contribution in [3.8, 4) is 11.1 Å². The van der Waals surface area contributed by atoms with Gasteiger partial charge in [0.25, 0.3) is 17.4 Å². The lowest BCUT2D eigenvalue weighted by molar-refractivity contribution is -0.0128. The number of morpholine rings is 1. The summed E-state index contributed by atoms with van der Waals surface area (Å²) in [6.07, 6.45) is 0.802. The van der Waals surface area contributed by atoms with Crippen LogP contribution < -0.4 is 15.8 Å². The van der Waals surface area contributed by atoms with Crippen molar-refractivity contribution in [2.45, 2.75) is 26.2 Å². The first-order valence-corrected chi connectivity index (χ1v) is 11.5. The van der Waals surface area contributed by atoms with Gasteiger partial charge >= 0.3 is 0 Å². The molecule has 1 aliphatic heterocycles. The molecule has 3 aromatic rings. The Labute approximate surface area is 202 Å². The number of pyridine rings is 2. The molecule has 1 N–H and O–H groups in total. The highest BCUT2D eigenvalue weighted by Gasteiger charge is 2.31. The van der Waals surface area contributed by atoms with Crippen LogP contribution in [0.2, 0.25) is 0 Å². The van der Waals surface area contributed by atoms with E-state index < -0.39 is 23.9 Å². The molecule has 2 aromatic heterocycles. The summed E-state index contributed by atoms with van der Waals surface area (Å²) in [4.78, 5) is 31.4. The molecular formula is C26H28F2N4O3. The molecule has 3 heterocycles. The van der Waals surface area contributed by atoms with E-state index in [4.69, 9.17) is 4.74 Å². The molecule has 0 atom stereocenters. The summed E-state index contributed by atoms with van der Waals surface area (Å²) in [5.74, 6) is -2.83. The Hall–Kier alpha value is -3.59. The Morgan fingerprint density at radius 2 is 1.89 bits per heavy atom. The van der Waals surface area contributed by atoms with Gasteiger partial charge in [0.1, 0.15) is 11.5 Å². The van der Waals surface area contributed by atoms with E-state index in [1.165, 1.54) is 19.2 Å². The summed E-state index contributed by atoms with van der Waals surface area (Å²) in [6, 6.07) is 11.4. The lowest BCUT2D eigenvalue weighted by atomic mass is 10.00. The normalized spacial score (nSPS) is 14.1. The van der Waals surface area contributed by atoms with Crippen LogP contribution in [-0.4, -0.2) is 41.8 Å². The maximum atomic E-state index is 14.0. The molecule has 0 unspecified atom stereocenters. The molecule has 1 saturated heterocycles. The Bertz CT molecular complexity index is 1300. The predicted molar refractivity (Wildman–Crippen MR) is 131 cm³/mol. The molecule has 1 fully saturated rings. The molecule has 0 saturated carbocycles. The number of carbonyl (C=O) groups is 1. The number of nitrogens with zero attached hydrogens (tertiary/aromatic N) is 3. The standard InChI is InChI=1S/C26H28F2N4O3/c1-4-26(27,28)22-13-18(7-8-29-22)25(34)30-20-6-5-17(2)21(16-20)19-14-23(31(3)24(33)15-19)32-9-11-35-12-10-32/h5-8,13-16H,4,9-12H2,1-3H3,(H,30,34). The van der Waals surface area contributed by atoms with Crippen LogP contribution in [0.5, 0.6) is 0 Å². The lowest BCUT2D eigenvalue weighted by Gasteiger charge is -2.30. The van der Waals surface area contributed by atoms with Crippen LogP contribution >= 0.6 is 0 Å². The highest BCUT2D eigenvalue weighted by molar-refractivity contribution is 6.04. The molecule has 1 aliphatic rings. The zero-order valence-corrected chi connectivity index (χ0v) is 20.0. The predicted octanol–water partition coefficient (Wildman–Crippen LogP) is 4.35. The summed E-state index contributed by atoms with van der Waals surface area (Å²) in [7, 11) is 1.74. The Morgan fingerprint density at radius 1 is 1.14 bits per heavy atom. The maximum Gasteiger partial charge on any atom is 0.289 e. The largest absolute Gasteiger partial charge is 0.378 e. The number of hydrogen-bond donors (Lipinski definition) is 1. The van der Waals surface area contributed by atoms with E-state index in [9.17, 15) is 18.4 Å². The van der Waals surface area contributed by atoms with Crippen molar-refractivity contribution in [2.24, 2.45) is 7.05 Å². The fourth-order valence-electron chi connectivity index (χ4n) is 4.04. The van der Waals surface area contributed by atoms with Crippen LogP contribution in [-0.2, 0) is 17.7 Å². The maximum absolute atomic E-state index is 14.0. The van der Waals surface area contributed by atoms with Crippen molar-refractivity contribution < 1.29 is 18.3 Å². The summed E-state index contributed by atoms with van der Waals surface area (Å²) >= 11 is 0. The minimum absolute atomic E-state index is 0.0911. The average Bonchev–Trinajstić information content (AvgIpc) is 2.87. The molecule has 0 radical (unpaired) electrons. The molecule has 4 rings (SSSR count). The van der Waals surface area contributed by atoms with Crippen LogP contribution in [0.3, 0.4) is 0 Å². The summed E-state index contributed by atoms with van der Waals surface area (Å²) in [5.41, 5.74) is 2.46. The molecule has 1 amide bonds. The van der Waals surface area contributed by atoms with E-state index in [1.54, 1.807) is 29.8 Å². The number of ether oxygens (including phenoxy) is 1. The third kappa shape index (κ3) is 5.24. The van der Waals surface area contributed by atoms with Gasteiger partial charge < -0.3 is 15.0 Å². The van der Waals surface area contributed by atoms with Gasteiger partial charge in [-0.05, 0) is 53.9 Å². The number of amides is 1. The second kappa shape index (κ2) is 9.95. The Morgan fingerprint density at radius 3 is 2.60 bits per heavy atom. The van der Waals surface area contributed by atoms with Crippen LogP contribution in [0.25, 0.3) is 11.1 Å².